The lowest BCUT2D eigenvalue weighted by atomic mass is 10.2. The Morgan fingerprint density at radius 2 is 2.53 bits per heavy atom. The van der Waals surface area contributed by atoms with E-state index in [1.807, 2.05) is 6.07 Å². The van der Waals surface area contributed by atoms with Crippen molar-refractivity contribution in [1.82, 2.24) is 5.32 Å². The third kappa shape index (κ3) is 3.18. The predicted octanol–water partition coefficient (Wildman–Crippen LogP) is 3.23. The average molecular weight is 246 g/mol. The number of hydrogen-bond donors (Lipinski definition) is 1. The zero-order valence-corrected chi connectivity index (χ0v) is 10.4. The molecule has 2 rings (SSSR count). The summed E-state index contributed by atoms with van der Waals surface area (Å²) in [4.78, 5) is 1.29. The number of nitrogens with one attached hydrogen (secondary N) is 1. The summed E-state index contributed by atoms with van der Waals surface area (Å²) < 4.78 is 6.42. The van der Waals surface area contributed by atoms with Gasteiger partial charge >= 0.3 is 0 Å². The van der Waals surface area contributed by atoms with Crippen molar-refractivity contribution in [2.75, 3.05) is 13.2 Å². The second-order valence-electron chi connectivity index (χ2n) is 3.91. The maximum atomic E-state index is 5.90. The molecular weight excluding hydrogens is 230 g/mol. The summed E-state index contributed by atoms with van der Waals surface area (Å²) in [7, 11) is 0. The summed E-state index contributed by atoms with van der Waals surface area (Å²) in [5.74, 6) is 0. The fraction of sp³-hybridized carbons (Fsp3) is 0.636. The first kappa shape index (κ1) is 11.4. The van der Waals surface area contributed by atoms with Gasteiger partial charge in [-0.3, -0.25) is 0 Å². The zero-order valence-electron chi connectivity index (χ0n) is 8.83. The Kier molecular flexibility index (Phi) is 4.03. The van der Waals surface area contributed by atoms with Crippen LogP contribution in [0.25, 0.3) is 0 Å². The number of ether oxygens (including phenoxy) is 1. The van der Waals surface area contributed by atoms with Crippen LogP contribution in [0, 0.1) is 0 Å². The molecule has 0 saturated carbocycles. The molecule has 0 amide bonds. The predicted molar refractivity (Wildman–Crippen MR) is 64.7 cm³/mol. The standard InChI is InChI=1S/C11H16ClNOS/c1-8(10-4-5-11(12)15-10)13-7-9-3-2-6-14-9/h4-5,8-9,13H,2-3,6-7H2,1H3/t8-,9-/m1/s1. The molecule has 4 heteroatoms. The monoisotopic (exact) mass is 245 g/mol. The molecule has 2 heterocycles. The van der Waals surface area contributed by atoms with Gasteiger partial charge in [0.05, 0.1) is 10.4 Å². The van der Waals surface area contributed by atoms with Crippen molar-refractivity contribution in [3.63, 3.8) is 0 Å². The molecule has 2 nitrogen and oxygen atoms in total. The van der Waals surface area contributed by atoms with E-state index >= 15 is 0 Å². The van der Waals surface area contributed by atoms with Crippen LogP contribution in [0.5, 0.6) is 0 Å². The van der Waals surface area contributed by atoms with Gasteiger partial charge in [-0.25, -0.2) is 0 Å². The van der Waals surface area contributed by atoms with Gasteiger partial charge < -0.3 is 10.1 Å². The molecule has 0 radical (unpaired) electrons. The molecule has 84 valence electrons. The molecule has 1 aliphatic heterocycles. The van der Waals surface area contributed by atoms with Crippen molar-refractivity contribution >= 4 is 22.9 Å². The van der Waals surface area contributed by atoms with E-state index in [1.165, 1.54) is 17.7 Å². The Morgan fingerprint density at radius 1 is 1.67 bits per heavy atom. The van der Waals surface area contributed by atoms with Crippen LogP contribution in [0.3, 0.4) is 0 Å². The van der Waals surface area contributed by atoms with Crippen molar-refractivity contribution in [2.45, 2.75) is 31.9 Å². The van der Waals surface area contributed by atoms with Crippen LogP contribution in [0.15, 0.2) is 12.1 Å². The van der Waals surface area contributed by atoms with E-state index in [0.717, 1.165) is 17.5 Å². The molecule has 1 aromatic heterocycles. The van der Waals surface area contributed by atoms with Gasteiger partial charge in [-0.15, -0.1) is 11.3 Å². The minimum Gasteiger partial charge on any atom is -0.377 e. The Labute approximate surface area is 99.6 Å². The lowest BCUT2D eigenvalue weighted by Gasteiger charge is -2.15. The summed E-state index contributed by atoms with van der Waals surface area (Å²) in [5.41, 5.74) is 0. The molecule has 2 atom stereocenters. The SMILES string of the molecule is C[C@@H](NC[C@H]1CCCO1)c1ccc(Cl)s1. The van der Waals surface area contributed by atoms with Gasteiger partial charge in [-0.2, -0.15) is 0 Å². The van der Waals surface area contributed by atoms with Gasteiger partial charge in [-0.1, -0.05) is 11.6 Å². The molecule has 0 aliphatic carbocycles. The first-order valence-electron chi connectivity index (χ1n) is 5.36. The van der Waals surface area contributed by atoms with E-state index in [1.54, 1.807) is 11.3 Å². The van der Waals surface area contributed by atoms with E-state index in [2.05, 4.69) is 18.3 Å². The highest BCUT2D eigenvalue weighted by Crippen LogP contribution is 2.26. The largest absolute Gasteiger partial charge is 0.377 e. The maximum absolute atomic E-state index is 5.90. The van der Waals surface area contributed by atoms with Gasteiger partial charge in [-0.05, 0) is 31.9 Å². The third-order valence-corrected chi connectivity index (χ3v) is 4.11. The van der Waals surface area contributed by atoms with Crippen LogP contribution in [0.4, 0.5) is 0 Å². The molecule has 1 aliphatic rings. The topological polar surface area (TPSA) is 21.3 Å². The summed E-state index contributed by atoms with van der Waals surface area (Å²) in [5, 5.41) is 3.48. The number of rotatable bonds is 4. The molecule has 1 saturated heterocycles. The Balaban J connectivity index is 1.79. The maximum Gasteiger partial charge on any atom is 0.0931 e. The van der Waals surface area contributed by atoms with Crippen molar-refractivity contribution in [2.24, 2.45) is 0 Å². The smallest absolute Gasteiger partial charge is 0.0931 e. The molecule has 0 bridgehead atoms. The fourth-order valence-corrected chi connectivity index (χ4v) is 2.86. The van der Waals surface area contributed by atoms with E-state index in [4.69, 9.17) is 16.3 Å². The van der Waals surface area contributed by atoms with Crippen LogP contribution in [-0.4, -0.2) is 19.3 Å². The minimum absolute atomic E-state index is 0.367. The fourth-order valence-electron chi connectivity index (χ4n) is 1.78. The third-order valence-electron chi connectivity index (χ3n) is 2.70. The summed E-state index contributed by atoms with van der Waals surface area (Å²) in [6, 6.07) is 4.40. The van der Waals surface area contributed by atoms with Gasteiger partial charge in [0, 0.05) is 24.1 Å². The number of halogens is 1. The first-order chi connectivity index (χ1) is 7.25. The van der Waals surface area contributed by atoms with Crippen LogP contribution < -0.4 is 5.32 Å². The van der Waals surface area contributed by atoms with E-state index < -0.39 is 0 Å². The van der Waals surface area contributed by atoms with E-state index in [0.29, 0.717) is 12.1 Å². The van der Waals surface area contributed by atoms with Crippen molar-refractivity contribution in [1.29, 1.82) is 0 Å². The molecule has 1 aromatic rings. The highest BCUT2D eigenvalue weighted by Gasteiger charge is 2.16. The average Bonchev–Trinajstić information content (AvgIpc) is 2.84. The lowest BCUT2D eigenvalue weighted by Crippen LogP contribution is -2.28. The Bertz CT molecular complexity index is 309. The highest BCUT2D eigenvalue weighted by atomic mass is 35.5. The molecule has 0 spiro atoms. The van der Waals surface area contributed by atoms with Gasteiger partial charge in [0.15, 0.2) is 0 Å². The van der Waals surface area contributed by atoms with Crippen LogP contribution >= 0.6 is 22.9 Å². The van der Waals surface area contributed by atoms with Crippen molar-refractivity contribution in [3.05, 3.63) is 21.3 Å². The van der Waals surface area contributed by atoms with Gasteiger partial charge in [0.25, 0.3) is 0 Å². The second kappa shape index (κ2) is 5.30. The normalized spacial score (nSPS) is 23.2. The molecule has 15 heavy (non-hydrogen) atoms. The molecular formula is C11H16ClNOS. The van der Waals surface area contributed by atoms with Crippen LogP contribution in [0.2, 0.25) is 4.34 Å². The van der Waals surface area contributed by atoms with Crippen LogP contribution in [-0.2, 0) is 4.74 Å². The Hall–Kier alpha value is -0.0900. The molecule has 1 fully saturated rings. The van der Waals surface area contributed by atoms with Gasteiger partial charge in [0.2, 0.25) is 0 Å². The highest BCUT2D eigenvalue weighted by molar-refractivity contribution is 7.16. The van der Waals surface area contributed by atoms with E-state index in [-0.39, 0.29) is 0 Å². The molecule has 0 unspecified atom stereocenters. The molecule has 0 aromatic carbocycles. The van der Waals surface area contributed by atoms with E-state index in [9.17, 15) is 0 Å². The second-order valence-corrected chi connectivity index (χ2v) is 5.65. The number of hydrogen-bond acceptors (Lipinski definition) is 3. The summed E-state index contributed by atoms with van der Waals surface area (Å²) in [6.07, 6.45) is 2.79. The zero-order chi connectivity index (χ0) is 10.7. The summed E-state index contributed by atoms with van der Waals surface area (Å²) in [6.45, 7) is 4.03. The molecule has 1 N–H and O–H groups in total. The van der Waals surface area contributed by atoms with Crippen molar-refractivity contribution < 1.29 is 4.74 Å². The minimum atomic E-state index is 0.367. The summed E-state index contributed by atoms with van der Waals surface area (Å²) >= 11 is 7.54. The number of thiophene rings is 1. The van der Waals surface area contributed by atoms with Crippen molar-refractivity contribution in [3.8, 4) is 0 Å². The van der Waals surface area contributed by atoms with Gasteiger partial charge in [0.1, 0.15) is 0 Å². The Morgan fingerprint density at radius 3 is 3.13 bits per heavy atom. The quantitative estimate of drug-likeness (QED) is 0.880. The first-order valence-corrected chi connectivity index (χ1v) is 6.55. The van der Waals surface area contributed by atoms with Crippen LogP contribution in [0.1, 0.15) is 30.7 Å². The lowest BCUT2D eigenvalue weighted by molar-refractivity contribution is 0.108.